The van der Waals surface area contributed by atoms with Crippen molar-refractivity contribution in [3.05, 3.63) is 29.3 Å². The molecule has 1 aromatic carbocycles. The summed E-state index contributed by atoms with van der Waals surface area (Å²) < 4.78 is 30.4. The highest BCUT2D eigenvalue weighted by Gasteiger charge is 2.18. The van der Waals surface area contributed by atoms with Gasteiger partial charge in [0.15, 0.2) is 5.75 Å². The molecule has 2 N–H and O–H groups in total. The maximum atomic E-state index is 11.9. The summed E-state index contributed by atoms with van der Waals surface area (Å²) in [5.41, 5.74) is 1.62. The molecule has 0 aliphatic carbocycles. The molecular formula is C14H17NO5S. The smallest absolute Gasteiger partial charge is 0.322 e. The fraction of sp³-hybridized carbons (Fsp3) is 0.357. The molecule has 6 nitrogen and oxygen atoms in total. The van der Waals surface area contributed by atoms with Crippen molar-refractivity contribution in [2.24, 2.45) is 0 Å². The van der Waals surface area contributed by atoms with Crippen LogP contribution in [-0.4, -0.2) is 39.0 Å². The van der Waals surface area contributed by atoms with Gasteiger partial charge in [-0.1, -0.05) is 17.9 Å². The van der Waals surface area contributed by atoms with Crippen molar-refractivity contribution in [1.29, 1.82) is 0 Å². The molecule has 1 rings (SSSR count). The molecule has 0 radical (unpaired) electrons. The largest absolute Gasteiger partial charge is 0.468 e. The summed E-state index contributed by atoms with van der Waals surface area (Å²) in [5.74, 6) is 3.89. The van der Waals surface area contributed by atoms with E-state index in [1.54, 1.807) is 18.2 Å². The Bertz CT molecular complexity index is 670. The number of rotatable bonds is 5. The van der Waals surface area contributed by atoms with Crippen LogP contribution in [0.4, 0.5) is 5.69 Å². The van der Waals surface area contributed by atoms with Crippen LogP contribution >= 0.6 is 0 Å². The minimum Gasteiger partial charge on any atom is -0.468 e. The number of carbonyl (C=O) groups excluding carboxylic acids is 1. The minimum atomic E-state index is -3.86. The van der Waals surface area contributed by atoms with Gasteiger partial charge in [0.25, 0.3) is 0 Å². The predicted octanol–water partition coefficient (Wildman–Crippen LogP) is 0.644. The number of ether oxygens (including phenoxy) is 1. The van der Waals surface area contributed by atoms with Gasteiger partial charge in [-0.05, 0) is 24.6 Å². The van der Waals surface area contributed by atoms with E-state index in [2.05, 4.69) is 21.3 Å². The summed E-state index contributed by atoms with van der Waals surface area (Å²) in [4.78, 5) is 11.1. The number of aliphatic hydroxyl groups is 1. The summed E-state index contributed by atoms with van der Waals surface area (Å²) in [6, 6.07) is 5.09. The molecule has 0 unspecified atom stereocenters. The predicted molar refractivity (Wildman–Crippen MR) is 79.2 cm³/mol. The highest BCUT2D eigenvalue weighted by atomic mass is 32.2. The second-order valence-corrected chi connectivity index (χ2v) is 5.98. The van der Waals surface area contributed by atoms with Gasteiger partial charge in [0.05, 0.1) is 19.4 Å². The first-order valence-corrected chi connectivity index (χ1v) is 7.81. The minimum absolute atomic E-state index is 0.0672. The van der Waals surface area contributed by atoms with Crippen LogP contribution < -0.4 is 4.72 Å². The van der Waals surface area contributed by atoms with Gasteiger partial charge in [0.1, 0.15) is 0 Å². The molecule has 21 heavy (non-hydrogen) atoms. The molecule has 0 saturated heterocycles. The van der Waals surface area contributed by atoms with Gasteiger partial charge in [-0.15, -0.1) is 0 Å². The average Bonchev–Trinajstić information content (AvgIpc) is 2.40. The number of hydrogen-bond acceptors (Lipinski definition) is 5. The zero-order chi connectivity index (χ0) is 15.9. The lowest BCUT2D eigenvalue weighted by molar-refractivity contribution is -0.137. The number of carbonyl (C=O) groups is 1. The number of sulfonamides is 1. The quantitative estimate of drug-likeness (QED) is 0.615. The van der Waals surface area contributed by atoms with E-state index in [1.165, 1.54) is 0 Å². The molecule has 0 aliphatic heterocycles. The van der Waals surface area contributed by atoms with Crippen LogP contribution in [-0.2, 0) is 19.6 Å². The molecule has 0 saturated carbocycles. The van der Waals surface area contributed by atoms with Crippen molar-refractivity contribution in [3.8, 4) is 11.8 Å². The normalized spacial score (nSPS) is 10.4. The molecule has 7 heteroatoms. The number of anilines is 1. The van der Waals surface area contributed by atoms with Crippen LogP contribution in [0.5, 0.6) is 0 Å². The number of nitrogens with one attached hydrogen (secondary N) is 1. The van der Waals surface area contributed by atoms with Gasteiger partial charge in [-0.3, -0.25) is 9.52 Å². The Morgan fingerprint density at radius 2 is 2.14 bits per heavy atom. The molecule has 0 fully saturated rings. The molecule has 0 heterocycles. The molecule has 0 spiro atoms. The number of benzene rings is 1. The fourth-order valence-corrected chi connectivity index (χ4v) is 2.49. The fourth-order valence-electron chi connectivity index (χ4n) is 1.48. The van der Waals surface area contributed by atoms with Gasteiger partial charge in [0, 0.05) is 12.0 Å². The van der Waals surface area contributed by atoms with Crippen molar-refractivity contribution >= 4 is 21.7 Å². The Morgan fingerprint density at radius 1 is 1.43 bits per heavy atom. The van der Waals surface area contributed by atoms with Gasteiger partial charge in [-0.25, -0.2) is 8.42 Å². The van der Waals surface area contributed by atoms with Crippen molar-refractivity contribution in [1.82, 2.24) is 0 Å². The summed E-state index contributed by atoms with van der Waals surface area (Å²) in [5, 5.41) is 8.71. The Hall–Kier alpha value is -2.04. The Kier molecular flexibility index (Phi) is 6.21. The standard InChI is InChI=1S/C14H17NO5S/c1-11-6-7-12(5-3-4-8-16)13(9-11)15-21(18,19)10-14(17)20-2/h6-7,9,15-16H,4,8,10H2,1-2H3. The van der Waals surface area contributed by atoms with Crippen molar-refractivity contribution < 1.29 is 23.1 Å². The number of esters is 1. The highest BCUT2D eigenvalue weighted by Crippen LogP contribution is 2.18. The number of aryl methyl sites for hydroxylation is 1. The molecular weight excluding hydrogens is 294 g/mol. The summed E-state index contributed by atoms with van der Waals surface area (Å²) >= 11 is 0. The zero-order valence-corrected chi connectivity index (χ0v) is 12.7. The van der Waals surface area contributed by atoms with E-state index in [1.807, 2.05) is 6.92 Å². The molecule has 1 aromatic rings. The van der Waals surface area contributed by atoms with E-state index >= 15 is 0 Å². The maximum absolute atomic E-state index is 11.9. The summed E-state index contributed by atoms with van der Waals surface area (Å²) in [6.07, 6.45) is 0.294. The molecule has 0 aliphatic rings. The van der Waals surface area contributed by atoms with Gasteiger partial charge < -0.3 is 9.84 Å². The van der Waals surface area contributed by atoms with E-state index in [9.17, 15) is 13.2 Å². The Balaban J connectivity index is 3.04. The van der Waals surface area contributed by atoms with E-state index in [0.29, 0.717) is 17.7 Å². The van der Waals surface area contributed by atoms with Crippen LogP contribution in [0.25, 0.3) is 0 Å². The van der Waals surface area contributed by atoms with Crippen molar-refractivity contribution in [3.63, 3.8) is 0 Å². The van der Waals surface area contributed by atoms with E-state index < -0.39 is 21.7 Å². The molecule has 0 bridgehead atoms. The number of aliphatic hydroxyl groups excluding tert-OH is 1. The lowest BCUT2D eigenvalue weighted by Gasteiger charge is -2.10. The van der Waals surface area contributed by atoms with E-state index in [-0.39, 0.29) is 6.61 Å². The van der Waals surface area contributed by atoms with Gasteiger partial charge in [-0.2, -0.15) is 0 Å². The van der Waals surface area contributed by atoms with Gasteiger partial charge >= 0.3 is 5.97 Å². The SMILES string of the molecule is COC(=O)CS(=O)(=O)Nc1cc(C)ccc1C#CCCO. The van der Waals surface area contributed by atoms with Crippen LogP contribution in [0.15, 0.2) is 18.2 Å². The first kappa shape index (κ1) is 17.0. The Morgan fingerprint density at radius 3 is 2.76 bits per heavy atom. The lowest BCUT2D eigenvalue weighted by atomic mass is 10.1. The molecule has 114 valence electrons. The third-order valence-corrected chi connectivity index (χ3v) is 3.58. The van der Waals surface area contributed by atoms with Crippen LogP contribution in [0.2, 0.25) is 0 Å². The second-order valence-electron chi connectivity index (χ2n) is 4.26. The highest BCUT2D eigenvalue weighted by molar-refractivity contribution is 7.93. The monoisotopic (exact) mass is 311 g/mol. The van der Waals surface area contributed by atoms with E-state index in [4.69, 9.17) is 5.11 Å². The topological polar surface area (TPSA) is 92.7 Å². The maximum Gasteiger partial charge on any atom is 0.322 e. The lowest BCUT2D eigenvalue weighted by Crippen LogP contribution is -2.24. The van der Waals surface area contributed by atoms with E-state index in [0.717, 1.165) is 12.7 Å². The van der Waals surface area contributed by atoms with Crippen molar-refractivity contribution in [2.45, 2.75) is 13.3 Å². The second kappa shape index (κ2) is 7.67. The van der Waals surface area contributed by atoms with Crippen LogP contribution in [0.3, 0.4) is 0 Å². The Labute approximate surface area is 124 Å². The molecule has 0 atom stereocenters. The molecule has 0 aromatic heterocycles. The molecule has 0 amide bonds. The summed E-state index contributed by atoms with van der Waals surface area (Å²) in [7, 11) is -2.74. The third-order valence-electron chi connectivity index (χ3n) is 2.44. The van der Waals surface area contributed by atoms with Crippen LogP contribution in [0, 0.1) is 18.8 Å². The third kappa shape index (κ3) is 5.85. The first-order chi connectivity index (χ1) is 9.88. The van der Waals surface area contributed by atoms with Crippen molar-refractivity contribution in [2.75, 3.05) is 24.2 Å². The number of hydrogen-bond donors (Lipinski definition) is 2. The van der Waals surface area contributed by atoms with Gasteiger partial charge in [0.2, 0.25) is 10.0 Å². The zero-order valence-electron chi connectivity index (χ0n) is 11.8. The summed E-state index contributed by atoms with van der Waals surface area (Å²) in [6.45, 7) is 1.74. The number of methoxy groups -OCH3 is 1. The average molecular weight is 311 g/mol. The first-order valence-electron chi connectivity index (χ1n) is 6.15. The van der Waals surface area contributed by atoms with Crippen LogP contribution in [0.1, 0.15) is 17.5 Å².